The quantitative estimate of drug-likeness (QED) is 0.655. The maximum Gasteiger partial charge on any atom is 0.262 e. The minimum absolute atomic E-state index is 0.0730. The molecule has 0 aliphatic carbocycles. The van der Waals surface area contributed by atoms with Crippen molar-refractivity contribution in [3.63, 3.8) is 0 Å². The summed E-state index contributed by atoms with van der Waals surface area (Å²) in [5.41, 5.74) is 1.75. The normalized spacial score (nSPS) is 14.3. The average molecular weight is 460 g/mol. The molecule has 2 amide bonds. The minimum atomic E-state index is -3.26. The molecule has 32 heavy (non-hydrogen) atoms. The van der Waals surface area contributed by atoms with Crippen LogP contribution in [-0.2, 0) is 21.4 Å². The monoisotopic (exact) mass is 459 g/mol. The number of nitrogens with zero attached hydrogens (tertiary/aromatic N) is 2. The van der Waals surface area contributed by atoms with Crippen LogP contribution in [0.1, 0.15) is 35.2 Å². The molecule has 0 spiro atoms. The molecule has 2 aromatic carbocycles. The highest BCUT2D eigenvalue weighted by molar-refractivity contribution is 7.88. The molecule has 1 fully saturated rings. The Morgan fingerprint density at radius 2 is 1.69 bits per heavy atom. The van der Waals surface area contributed by atoms with Crippen LogP contribution in [0.25, 0.3) is 0 Å². The predicted octanol–water partition coefficient (Wildman–Crippen LogP) is 2.72. The van der Waals surface area contributed by atoms with Gasteiger partial charge in [-0.25, -0.2) is 12.7 Å². The van der Waals surface area contributed by atoms with Gasteiger partial charge in [0.2, 0.25) is 10.0 Å². The van der Waals surface area contributed by atoms with Crippen LogP contribution in [-0.4, -0.2) is 62.4 Å². The highest BCUT2D eigenvalue weighted by atomic mass is 32.2. The lowest BCUT2D eigenvalue weighted by Gasteiger charge is -2.27. The van der Waals surface area contributed by atoms with Gasteiger partial charge >= 0.3 is 0 Å². The van der Waals surface area contributed by atoms with Crippen LogP contribution in [0.5, 0.6) is 5.75 Å². The number of benzene rings is 2. The molecule has 1 saturated heterocycles. The van der Waals surface area contributed by atoms with Gasteiger partial charge in [0.15, 0.2) is 6.61 Å². The van der Waals surface area contributed by atoms with Crippen molar-refractivity contribution in [2.75, 3.05) is 38.3 Å². The Morgan fingerprint density at radius 1 is 1.03 bits per heavy atom. The fourth-order valence-electron chi connectivity index (χ4n) is 3.45. The van der Waals surface area contributed by atoms with E-state index < -0.39 is 10.0 Å². The van der Waals surface area contributed by atoms with Crippen molar-refractivity contribution in [3.05, 3.63) is 59.7 Å². The third-order valence-electron chi connectivity index (χ3n) is 5.34. The summed E-state index contributed by atoms with van der Waals surface area (Å²) >= 11 is 0. The zero-order chi connectivity index (χ0) is 23.1. The van der Waals surface area contributed by atoms with Gasteiger partial charge in [0.05, 0.1) is 17.5 Å². The van der Waals surface area contributed by atoms with Gasteiger partial charge in [-0.05, 0) is 49.1 Å². The average Bonchev–Trinajstić information content (AvgIpc) is 2.78. The summed E-state index contributed by atoms with van der Waals surface area (Å²) in [5, 5.41) is 2.77. The van der Waals surface area contributed by atoms with E-state index in [0.29, 0.717) is 17.0 Å². The van der Waals surface area contributed by atoms with Gasteiger partial charge in [0.25, 0.3) is 11.8 Å². The molecule has 0 bridgehead atoms. The molecular weight excluding hydrogens is 430 g/mol. The molecule has 0 radical (unpaired) electrons. The second-order valence-corrected chi connectivity index (χ2v) is 9.99. The molecule has 9 heteroatoms. The lowest BCUT2D eigenvalue weighted by Crippen LogP contribution is -2.36. The number of para-hydroxylation sites is 1. The number of carbonyl (C=O) groups excluding carboxylic acids is 2. The number of ether oxygens (including phenoxy) is 1. The highest BCUT2D eigenvalue weighted by Crippen LogP contribution is 2.20. The Bertz CT molecular complexity index is 1050. The number of likely N-dealkylation sites (tertiary alicyclic amines) is 1. The van der Waals surface area contributed by atoms with Gasteiger partial charge in [-0.3, -0.25) is 9.59 Å². The Balaban J connectivity index is 1.56. The van der Waals surface area contributed by atoms with Crippen LogP contribution in [0, 0.1) is 0 Å². The van der Waals surface area contributed by atoms with Crippen molar-refractivity contribution in [2.24, 2.45) is 0 Å². The van der Waals surface area contributed by atoms with E-state index in [0.717, 1.165) is 44.2 Å². The van der Waals surface area contributed by atoms with E-state index in [1.807, 2.05) is 4.90 Å². The van der Waals surface area contributed by atoms with Gasteiger partial charge in [-0.15, -0.1) is 0 Å². The summed E-state index contributed by atoms with van der Waals surface area (Å²) in [6.07, 6.45) is 4.28. The SMILES string of the molecule is CN(Cc1ccc(OCC(=O)Nc2ccccc2C(=O)N2CCCCC2)cc1)S(C)(=O)=O. The van der Waals surface area contributed by atoms with Crippen LogP contribution in [0.3, 0.4) is 0 Å². The molecule has 1 aliphatic heterocycles. The molecule has 0 saturated carbocycles. The third kappa shape index (κ3) is 6.54. The number of hydrogen-bond acceptors (Lipinski definition) is 5. The molecular formula is C23H29N3O5S. The molecule has 172 valence electrons. The maximum atomic E-state index is 12.9. The molecule has 3 rings (SSSR count). The lowest BCUT2D eigenvalue weighted by molar-refractivity contribution is -0.118. The largest absolute Gasteiger partial charge is 0.484 e. The fraction of sp³-hybridized carbons (Fsp3) is 0.391. The number of carbonyl (C=O) groups is 2. The lowest BCUT2D eigenvalue weighted by atomic mass is 10.1. The molecule has 0 unspecified atom stereocenters. The van der Waals surface area contributed by atoms with Crippen LogP contribution < -0.4 is 10.1 Å². The Labute approximate surface area is 189 Å². The Kier molecular flexibility index (Phi) is 7.87. The molecule has 0 atom stereocenters. The fourth-order valence-corrected chi connectivity index (χ4v) is 3.83. The Hall–Kier alpha value is -2.91. The van der Waals surface area contributed by atoms with Crippen molar-refractivity contribution >= 4 is 27.5 Å². The summed E-state index contributed by atoms with van der Waals surface area (Å²) in [7, 11) is -1.75. The van der Waals surface area contributed by atoms with Crippen LogP contribution >= 0.6 is 0 Å². The van der Waals surface area contributed by atoms with Gasteiger partial charge in [0.1, 0.15) is 5.75 Å². The number of hydrogen-bond donors (Lipinski definition) is 1. The third-order valence-corrected chi connectivity index (χ3v) is 6.60. The van der Waals surface area contributed by atoms with Crippen molar-refractivity contribution in [3.8, 4) is 5.75 Å². The van der Waals surface area contributed by atoms with Gasteiger partial charge in [-0.2, -0.15) is 0 Å². The molecule has 1 heterocycles. The zero-order valence-electron chi connectivity index (χ0n) is 18.4. The number of sulfonamides is 1. The summed E-state index contributed by atoms with van der Waals surface area (Å²) in [4.78, 5) is 27.1. The van der Waals surface area contributed by atoms with E-state index >= 15 is 0 Å². The van der Waals surface area contributed by atoms with E-state index in [1.165, 1.54) is 11.4 Å². The van der Waals surface area contributed by atoms with E-state index in [4.69, 9.17) is 4.74 Å². The van der Waals surface area contributed by atoms with E-state index in [9.17, 15) is 18.0 Å². The predicted molar refractivity (Wildman–Crippen MR) is 123 cm³/mol. The van der Waals surface area contributed by atoms with Crippen LogP contribution in [0.2, 0.25) is 0 Å². The summed E-state index contributed by atoms with van der Waals surface area (Å²) < 4.78 is 29.8. The highest BCUT2D eigenvalue weighted by Gasteiger charge is 2.21. The second kappa shape index (κ2) is 10.6. The van der Waals surface area contributed by atoms with Crippen molar-refractivity contribution < 1.29 is 22.7 Å². The smallest absolute Gasteiger partial charge is 0.262 e. The van der Waals surface area contributed by atoms with Crippen molar-refractivity contribution in [1.29, 1.82) is 0 Å². The number of anilines is 1. The van der Waals surface area contributed by atoms with Gasteiger partial charge in [-0.1, -0.05) is 24.3 Å². The Morgan fingerprint density at radius 3 is 2.34 bits per heavy atom. The second-order valence-electron chi connectivity index (χ2n) is 7.90. The molecule has 1 aliphatic rings. The van der Waals surface area contributed by atoms with E-state index in [-0.39, 0.29) is 25.0 Å². The standard InChI is InChI=1S/C23H29N3O5S/c1-25(32(2,29)30)16-18-10-12-19(13-11-18)31-17-22(27)24-21-9-5-4-8-20(21)23(28)26-14-6-3-7-15-26/h4-5,8-13H,3,6-7,14-17H2,1-2H3,(H,24,27). The summed E-state index contributed by atoms with van der Waals surface area (Å²) in [5.74, 6) is 0.0459. The first-order chi connectivity index (χ1) is 15.2. The van der Waals surface area contributed by atoms with Crippen LogP contribution in [0.15, 0.2) is 48.5 Å². The molecule has 2 aromatic rings. The maximum absolute atomic E-state index is 12.9. The van der Waals surface area contributed by atoms with E-state index in [2.05, 4.69) is 5.32 Å². The first kappa shape index (κ1) is 23.7. The minimum Gasteiger partial charge on any atom is -0.484 e. The molecule has 8 nitrogen and oxygen atoms in total. The molecule has 0 aromatic heterocycles. The van der Waals surface area contributed by atoms with Crippen molar-refractivity contribution in [2.45, 2.75) is 25.8 Å². The number of piperidine rings is 1. The van der Waals surface area contributed by atoms with Gasteiger partial charge < -0.3 is 15.0 Å². The number of rotatable bonds is 8. The van der Waals surface area contributed by atoms with E-state index in [1.54, 1.807) is 48.5 Å². The number of nitrogens with one attached hydrogen (secondary N) is 1. The van der Waals surface area contributed by atoms with Gasteiger partial charge in [0, 0.05) is 26.7 Å². The van der Waals surface area contributed by atoms with Crippen LogP contribution in [0.4, 0.5) is 5.69 Å². The topological polar surface area (TPSA) is 96.0 Å². The zero-order valence-corrected chi connectivity index (χ0v) is 19.2. The first-order valence-corrected chi connectivity index (χ1v) is 12.4. The number of amides is 2. The summed E-state index contributed by atoms with van der Waals surface area (Å²) in [6, 6.07) is 13.9. The van der Waals surface area contributed by atoms with Crippen molar-refractivity contribution in [1.82, 2.24) is 9.21 Å². The first-order valence-electron chi connectivity index (χ1n) is 10.6. The molecule has 1 N–H and O–H groups in total. The summed E-state index contributed by atoms with van der Waals surface area (Å²) in [6.45, 7) is 1.51.